The van der Waals surface area contributed by atoms with E-state index in [-0.39, 0.29) is 18.3 Å². The molecule has 1 aliphatic carbocycles. The zero-order valence-corrected chi connectivity index (χ0v) is 14.5. The minimum atomic E-state index is -0.635. The number of hydrogen-bond acceptors (Lipinski definition) is 4. The molecule has 1 aromatic rings. The summed E-state index contributed by atoms with van der Waals surface area (Å²) in [6.07, 6.45) is 4.49. The van der Waals surface area contributed by atoms with Gasteiger partial charge in [-0.15, -0.1) is 12.4 Å². The molecule has 1 fully saturated rings. The molecular formula is C17H27ClN2O3. The summed E-state index contributed by atoms with van der Waals surface area (Å²) in [6, 6.07) is 7.81. The fraction of sp³-hybridized carbons (Fsp3) is 0.588. The highest BCUT2D eigenvalue weighted by Gasteiger charge is 2.36. The van der Waals surface area contributed by atoms with Crippen molar-refractivity contribution in [2.75, 3.05) is 20.3 Å². The lowest BCUT2D eigenvalue weighted by Crippen LogP contribution is -2.52. The van der Waals surface area contributed by atoms with Crippen LogP contribution in [0.5, 0.6) is 5.75 Å². The number of hydrogen-bond donors (Lipinski definition) is 2. The van der Waals surface area contributed by atoms with Gasteiger partial charge in [0.15, 0.2) is 0 Å². The third kappa shape index (κ3) is 6.01. The second-order valence-electron chi connectivity index (χ2n) is 5.87. The predicted molar refractivity (Wildman–Crippen MR) is 92.9 cm³/mol. The van der Waals surface area contributed by atoms with Gasteiger partial charge in [-0.1, -0.05) is 25.0 Å². The highest BCUT2D eigenvalue weighted by molar-refractivity contribution is 5.86. The summed E-state index contributed by atoms with van der Waals surface area (Å²) in [4.78, 5) is 12.0. The number of rotatable bonds is 8. The van der Waals surface area contributed by atoms with E-state index in [0.717, 1.165) is 43.4 Å². The van der Waals surface area contributed by atoms with Gasteiger partial charge in [-0.3, -0.25) is 4.79 Å². The molecule has 0 spiro atoms. The van der Waals surface area contributed by atoms with Crippen LogP contribution in [0.25, 0.3) is 0 Å². The molecule has 0 bridgehead atoms. The summed E-state index contributed by atoms with van der Waals surface area (Å²) in [5.74, 6) is 0.828. The van der Waals surface area contributed by atoms with E-state index in [4.69, 9.17) is 15.2 Å². The average Bonchev–Trinajstić information content (AvgIpc) is 2.99. The Morgan fingerprint density at radius 3 is 2.52 bits per heavy atom. The van der Waals surface area contributed by atoms with Crippen LogP contribution in [0, 0.1) is 0 Å². The molecule has 1 aromatic carbocycles. The molecule has 0 saturated heterocycles. The SMILES string of the molecule is COc1ccc(COCCCNC(=O)C2(N)CCCC2)cc1.Cl. The van der Waals surface area contributed by atoms with Crippen molar-refractivity contribution in [2.24, 2.45) is 5.73 Å². The molecule has 0 unspecified atom stereocenters. The van der Waals surface area contributed by atoms with E-state index in [2.05, 4.69) is 5.32 Å². The van der Waals surface area contributed by atoms with Crippen molar-refractivity contribution < 1.29 is 14.3 Å². The van der Waals surface area contributed by atoms with Crippen molar-refractivity contribution in [3.8, 4) is 5.75 Å². The van der Waals surface area contributed by atoms with E-state index >= 15 is 0 Å². The van der Waals surface area contributed by atoms with Gasteiger partial charge in [0, 0.05) is 13.2 Å². The van der Waals surface area contributed by atoms with Crippen molar-refractivity contribution in [1.82, 2.24) is 5.32 Å². The lowest BCUT2D eigenvalue weighted by Gasteiger charge is -2.22. The van der Waals surface area contributed by atoms with E-state index in [1.165, 1.54) is 0 Å². The number of nitrogens with one attached hydrogen (secondary N) is 1. The molecule has 0 heterocycles. The lowest BCUT2D eigenvalue weighted by molar-refractivity contribution is -0.126. The van der Waals surface area contributed by atoms with Crippen LogP contribution in [-0.2, 0) is 16.1 Å². The minimum absolute atomic E-state index is 0. The van der Waals surface area contributed by atoms with Gasteiger partial charge in [0.25, 0.3) is 0 Å². The normalized spacial score (nSPS) is 15.7. The van der Waals surface area contributed by atoms with Crippen LogP contribution >= 0.6 is 12.4 Å². The van der Waals surface area contributed by atoms with Crippen LogP contribution in [-0.4, -0.2) is 31.7 Å². The van der Waals surface area contributed by atoms with Gasteiger partial charge in [0.2, 0.25) is 5.91 Å². The molecule has 0 atom stereocenters. The van der Waals surface area contributed by atoms with Crippen LogP contribution < -0.4 is 15.8 Å². The van der Waals surface area contributed by atoms with Gasteiger partial charge in [0.05, 0.1) is 19.3 Å². The summed E-state index contributed by atoms with van der Waals surface area (Å²) in [6.45, 7) is 1.79. The molecule has 6 heteroatoms. The lowest BCUT2D eigenvalue weighted by atomic mass is 9.98. The molecule has 1 amide bonds. The number of carbonyl (C=O) groups is 1. The first-order valence-electron chi connectivity index (χ1n) is 7.92. The summed E-state index contributed by atoms with van der Waals surface area (Å²) in [5, 5.41) is 2.92. The largest absolute Gasteiger partial charge is 0.497 e. The van der Waals surface area contributed by atoms with E-state index in [9.17, 15) is 4.79 Å². The Balaban J connectivity index is 0.00000264. The van der Waals surface area contributed by atoms with Gasteiger partial charge < -0.3 is 20.5 Å². The summed E-state index contributed by atoms with van der Waals surface area (Å²) in [5.41, 5.74) is 6.56. The molecular weight excluding hydrogens is 316 g/mol. The second kappa shape index (κ2) is 9.75. The Bertz CT molecular complexity index is 473. The average molecular weight is 343 g/mol. The maximum absolute atomic E-state index is 12.0. The van der Waals surface area contributed by atoms with Crippen molar-refractivity contribution in [3.63, 3.8) is 0 Å². The highest BCUT2D eigenvalue weighted by atomic mass is 35.5. The molecule has 0 aromatic heterocycles. The number of ether oxygens (including phenoxy) is 2. The highest BCUT2D eigenvalue weighted by Crippen LogP contribution is 2.27. The van der Waals surface area contributed by atoms with Gasteiger partial charge in [-0.05, 0) is 37.0 Å². The van der Waals surface area contributed by atoms with Crippen molar-refractivity contribution >= 4 is 18.3 Å². The summed E-state index contributed by atoms with van der Waals surface area (Å²) >= 11 is 0. The standard InChI is InChI=1S/C17H26N2O3.ClH/c1-21-15-7-5-14(6-8-15)13-22-12-4-11-19-16(20)17(18)9-2-3-10-17;/h5-8H,2-4,9-13,18H2,1H3,(H,19,20);1H. The number of benzene rings is 1. The maximum atomic E-state index is 12.0. The summed E-state index contributed by atoms with van der Waals surface area (Å²) < 4.78 is 10.7. The van der Waals surface area contributed by atoms with Crippen molar-refractivity contribution in [1.29, 1.82) is 0 Å². The first-order chi connectivity index (χ1) is 10.6. The molecule has 1 saturated carbocycles. The Labute approximate surface area is 144 Å². The number of nitrogens with two attached hydrogens (primary N) is 1. The topological polar surface area (TPSA) is 73.6 Å². The van der Waals surface area contributed by atoms with Crippen LogP contribution in [0.4, 0.5) is 0 Å². The van der Waals surface area contributed by atoms with Crippen molar-refractivity contribution in [2.45, 2.75) is 44.2 Å². The second-order valence-corrected chi connectivity index (χ2v) is 5.87. The molecule has 5 nitrogen and oxygen atoms in total. The first kappa shape index (κ1) is 19.7. The van der Waals surface area contributed by atoms with E-state index in [1.54, 1.807) is 7.11 Å². The third-order valence-electron chi connectivity index (χ3n) is 4.13. The molecule has 130 valence electrons. The Morgan fingerprint density at radius 1 is 1.26 bits per heavy atom. The van der Waals surface area contributed by atoms with E-state index in [0.29, 0.717) is 19.8 Å². The van der Waals surface area contributed by atoms with Crippen LogP contribution in [0.1, 0.15) is 37.7 Å². The maximum Gasteiger partial charge on any atom is 0.240 e. The van der Waals surface area contributed by atoms with Gasteiger partial charge >= 0.3 is 0 Å². The number of halogens is 1. The number of amides is 1. The first-order valence-corrected chi connectivity index (χ1v) is 7.92. The quantitative estimate of drug-likeness (QED) is 0.711. The fourth-order valence-corrected chi connectivity index (χ4v) is 2.70. The Morgan fingerprint density at radius 2 is 1.91 bits per heavy atom. The van der Waals surface area contributed by atoms with Crippen LogP contribution in [0.2, 0.25) is 0 Å². The van der Waals surface area contributed by atoms with Gasteiger partial charge in [-0.2, -0.15) is 0 Å². The molecule has 0 radical (unpaired) electrons. The van der Waals surface area contributed by atoms with Gasteiger partial charge in [-0.25, -0.2) is 0 Å². The van der Waals surface area contributed by atoms with Crippen LogP contribution in [0.15, 0.2) is 24.3 Å². The van der Waals surface area contributed by atoms with Crippen LogP contribution in [0.3, 0.4) is 0 Å². The molecule has 1 aliphatic rings. The third-order valence-corrected chi connectivity index (χ3v) is 4.13. The zero-order valence-electron chi connectivity index (χ0n) is 13.7. The Hall–Kier alpha value is -1.30. The predicted octanol–water partition coefficient (Wildman–Crippen LogP) is 2.41. The molecule has 3 N–H and O–H groups in total. The number of methoxy groups -OCH3 is 1. The van der Waals surface area contributed by atoms with E-state index < -0.39 is 5.54 Å². The zero-order chi connectivity index (χ0) is 15.8. The molecule has 0 aliphatic heterocycles. The smallest absolute Gasteiger partial charge is 0.240 e. The van der Waals surface area contributed by atoms with E-state index in [1.807, 2.05) is 24.3 Å². The monoisotopic (exact) mass is 342 g/mol. The number of carbonyl (C=O) groups excluding carboxylic acids is 1. The molecule has 23 heavy (non-hydrogen) atoms. The minimum Gasteiger partial charge on any atom is -0.497 e. The van der Waals surface area contributed by atoms with Crippen molar-refractivity contribution in [3.05, 3.63) is 29.8 Å². The van der Waals surface area contributed by atoms with Gasteiger partial charge in [0.1, 0.15) is 5.75 Å². The fourth-order valence-electron chi connectivity index (χ4n) is 2.70. The summed E-state index contributed by atoms with van der Waals surface area (Å²) in [7, 11) is 1.65. The Kier molecular flexibility index (Phi) is 8.37. The molecule has 2 rings (SSSR count).